The molecule has 2 aliphatic heterocycles. The molecule has 0 radical (unpaired) electrons. The number of carbonyl (C=O) groups excluding carboxylic acids is 1. The fraction of sp³-hybridized carbons (Fsp3) is 0.435. The average Bonchev–Trinajstić information content (AvgIpc) is 3.52. The summed E-state index contributed by atoms with van der Waals surface area (Å²) in [6.45, 7) is 3.61. The summed E-state index contributed by atoms with van der Waals surface area (Å²) in [5.74, 6) is 1.73. The maximum Gasteiger partial charge on any atom is 0.278 e. The fourth-order valence-electron chi connectivity index (χ4n) is 4.36. The lowest BCUT2D eigenvalue weighted by molar-refractivity contribution is 0.0373. The minimum Gasteiger partial charge on any atom is -0.491 e. The number of oxazole rings is 1. The summed E-state index contributed by atoms with van der Waals surface area (Å²) in [5, 5.41) is 0. The van der Waals surface area contributed by atoms with Gasteiger partial charge in [0.25, 0.3) is 11.8 Å². The first-order valence-corrected chi connectivity index (χ1v) is 11.1. The van der Waals surface area contributed by atoms with Crippen LogP contribution in [0.2, 0.25) is 0 Å². The number of fused-ring (bicyclic) bond motifs is 1. The van der Waals surface area contributed by atoms with Crippen LogP contribution in [0.1, 0.15) is 40.5 Å². The number of nitrogens with zero attached hydrogens (tertiary/aromatic N) is 6. The molecule has 0 N–H and O–H groups in total. The summed E-state index contributed by atoms with van der Waals surface area (Å²) < 4.78 is 22.2. The smallest absolute Gasteiger partial charge is 0.278 e. The highest BCUT2D eigenvalue weighted by molar-refractivity contribution is 5.92. The minimum atomic E-state index is -0.429. The zero-order valence-corrected chi connectivity index (χ0v) is 19.4. The van der Waals surface area contributed by atoms with Crippen LogP contribution in [0, 0.1) is 6.92 Å². The van der Waals surface area contributed by atoms with Crippen LogP contribution in [0.15, 0.2) is 29.3 Å². The van der Waals surface area contributed by atoms with Gasteiger partial charge in [-0.15, -0.1) is 0 Å². The van der Waals surface area contributed by atoms with E-state index in [-0.39, 0.29) is 11.6 Å². The Kier molecular flexibility index (Phi) is 5.91. The quantitative estimate of drug-likeness (QED) is 0.536. The van der Waals surface area contributed by atoms with Crippen molar-refractivity contribution in [2.24, 2.45) is 0 Å². The van der Waals surface area contributed by atoms with Crippen molar-refractivity contribution in [3.8, 4) is 17.5 Å². The normalized spacial score (nSPS) is 17.4. The number of ether oxygens (including phenoxy) is 3. The van der Waals surface area contributed by atoms with Crippen LogP contribution >= 0.6 is 0 Å². The number of pyridine rings is 1. The lowest BCUT2D eigenvalue weighted by atomic mass is 10.1. The van der Waals surface area contributed by atoms with Crippen LogP contribution < -0.4 is 19.1 Å². The Bertz CT molecular complexity index is 1200. The molecule has 1 atom stereocenters. The topological polar surface area (TPSA) is 116 Å². The Morgan fingerprint density at radius 2 is 2.03 bits per heavy atom. The van der Waals surface area contributed by atoms with Gasteiger partial charge in [0, 0.05) is 38.9 Å². The maximum atomic E-state index is 13.0. The molecular formula is C23H26N6O5. The number of rotatable bonds is 6. The van der Waals surface area contributed by atoms with Crippen molar-refractivity contribution >= 4 is 11.6 Å². The Labute approximate surface area is 196 Å². The molecule has 0 saturated carbocycles. The summed E-state index contributed by atoms with van der Waals surface area (Å²) in [6.07, 6.45) is 6.51. The van der Waals surface area contributed by atoms with E-state index in [2.05, 4.69) is 24.8 Å². The van der Waals surface area contributed by atoms with Gasteiger partial charge in [0.1, 0.15) is 12.6 Å². The molecule has 0 spiro atoms. The molecule has 34 heavy (non-hydrogen) atoms. The molecule has 0 unspecified atom stereocenters. The van der Waals surface area contributed by atoms with Gasteiger partial charge in [-0.2, -0.15) is 0 Å². The van der Waals surface area contributed by atoms with Gasteiger partial charge in [-0.1, -0.05) is 0 Å². The fourth-order valence-corrected chi connectivity index (χ4v) is 4.36. The predicted octanol–water partition coefficient (Wildman–Crippen LogP) is 2.39. The van der Waals surface area contributed by atoms with Gasteiger partial charge in [-0.05, 0) is 6.42 Å². The van der Waals surface area contributed by atoms with Crippen molar-refractivity contribution in [3.05, 3.63) is 47.7 Å². The molecule has 2 aliphatic rings. The van der Waals surface area contributed by atoms with Gasteiger partial charge in [0.05, 0.1) is 43.9 Å². The molecule has 11 nitrogen and oxygen atoms in total. The highest BCUT2D eigenvalue weighted by Crippen LogP contribution is 2.34. The number of likely N-dealkylation sites (tertiary alicyclic amines) is 1. The van der Waals surface area contributed by atoms with Gasteiger partial charge in [-0.3, -0.25) is 4.79 Å². The Morgan fingerprint density at radius 1 is 1.15 bits per heavy atom. The van der Waals surface area contributed by atoms with Crippen molar-refractivity contribution in [1.82, 2.24) is 24.8 Å². The van der Waals surface area contributed by atoms with Gasteiger partial charge in [0.15, 0.2) is 23.6 Å². The summed E-state index contributed by atoms with van der Waals surface area (Å²) in [4.78, 5) is 34.2. The van der Waals surface area contributed by atoms with E-state index in [0.717, 1.165) is 36.3 Å². The summed E-state index contributed by atoms with van der Waals surface area (Å²) in [5.41, 5.74) is 3.03. The average molecular weight is 466 g/mol. The number of aromatic nitrogens is 4. The third kappa shape index (κ3) is 4.09. The SMILES string of the molecule is COc1cc(N2CCc3ncnc(O[C@H]4CCCN4C(=O)c4coc(C)n4)c3C2)cnc1OC. The molecule has 0 aliphatic carbocycles. The molecule has 1 fully saturated rings. The van der Waals surface area contributed by atoms with Gasteiger partial charge < -0.3 is 28.4 Å². The molecule has 5 rings (SSSR count). The molecule has 0 bridgehead atoms. The standard InChI is InChI=1S/C23H26N6O5/c1-14-27-18(12-33-14)23(30)29-7-4-5-20(29)34-21-16-11-28(8-6-17(16)25-13-26-21)15-9-19(31-2)22(32-3)24-10-15/h9-10,12-13,20H,4-8,11H2,1-3H3/t20-/m0/s1. The van der Waals surface area contributed by atoms with E-state index in [0.29, 0.717) is 42.9 Å². The zero-order chi connectivity index (χ0) is 23.7. The second kappa shape index (κ2) is 9.16. The van der Waals surface area contributed by atoms with Crippen molar-refractivity contribution in [3.63, 3.8) is 0 Å². The third-order valence-corrected chi connectivity index (χ3v) is 6.09. The van der Waals surface area contributed by atoms with Gasteiger partial charge in [0.2, 0.25) is 5.88 Å². The van der Waals surface area contributed by atoms with E-state index in [9.17, 15) is 4.79 Å². The Morgan fingerprint density at radius 3 is 2.79 bits per heavy atom. The first kappa shape index (κ1) is 21.9. The van der Waals surface area contributed by atoms with Crippen LogP contribution in [0.25, 0.3) is 0 Å². The molecule has 11 heteroatoms. The molecule has 0 aromatic carbocycles. The zero-order valence-electron chi connectivity index (χ0n) is 19.4. The number of hydrogen-bond donors (Lipinski definition) is 0. The largest absolute Gasteiger partial charge is 0.491 e. The van der Waals surface area contributed by atoms with Crippen molar-refractivity contribution in [2.45, 2.75) is 39.0 Å². The lowest BCUT2D eigenvalue weighted by Crippen LogP contribution is -2.40. The molecule has 3 aromatic rings. The van der Waals surface area contributed by atoms with Gasteiger partial charge >= 0.3 is 0 Å². The van der Waals surface area contributed by atoms with Crippen molar-refractivity contribution in [2.75, 3.05) is 32.2 Å². The second-order valence-electron chi connectivity index (χ2n) is 8.15. The van der Waals surface area contributed by atoms with Crippen molar-refractivity contribution in [1.29, 1.82) is 0 Å². The molecule has 1 amide bonds. The first-order valence-electron chi connectivity index (χ1n) is 11.1. The predicted molar refractivity (Wildman–Crippen MR) is 120 cm³/mol. The first-order chi connectivity index (χ1) is 16.6. The van der Waals surface area contributed by atoms with E-state index in [4.69, 9.17) is 18.6 Å². The number of hydrogen-bond acceptors (Lipinski definition) is 10. The highest BCUT2D eigenvalue weighted by Gasteiger charge is 2.34. The van der Waals surface area contributed by atoms with Crippen LogP contribution in [-0.2, 0) is 13.0 Å². The van der Waals surface area contributed by atoms with Crippen molar-refractivity contribution < 1.29 is 23.4 Å². The monoisotopic (exact) mass is 466 g/mol. The van der Waals surface area contributed by atoms with E-state index in [1.807, 2.05) is 6.07 Å². The molecule has 5 heterocycles. The maximum absolute atomic E-state index is 13.0. The minimum absolute atomic E-state index is 0.208. The lowest BCUT2D eigenvalue weighted by Gasteiger charge is -2.32. The van der Waals surface area contributed by atoms with Crippen LogP contribution in [0.3, 0.4) is 0 Å². The van der Waals surface area contributed by atoms with E-state index >= 15 is 0 Å². The molecule has 3 aromatic heterocycles. The summed E-state index contributed by atoms with van der Waals surface area (Å²) in [7, 11) is 3.15. The van der Waals surface area contributed by atoms with E-state index in [1.165, 1.54) is 12.6 Å². The molecular weight excluding hydrogens is 440 g/mol. The number of aryl methyl sites for hydroxylation is 1. The van der Waals surface area contributed by atoms with E-state index < -0.39 is 6.23 Å². The van der Waals surface area contributed by atoms with E-state index in [1.54, 1.807) is 32.2 Å². The number of anilines is 1. The van der Waals surface area contributed by atoms with Crippen LogP contribution in [0.5, 0.6) is 17.5 Å². The Hall–Kier alpha value is -3.89. The molecule has 178 valence electrons. The molecule has 1 saturated heterocycles. The third-order valence-electron chi connectivity index (χ3n) is 6.09. The van der Waals surface area contributed by atoms with Gasteiger partial charge in [-0.25, -0.2) is 19.9 Å². The summed E-state index contributed by atoms with van der Waals surface area (Å²) >= 11 is 0. The second-order valence-corrected chi connectivity index (χ2v) is 8.15. The number of amides is 1. The highest BCUT2D eigenvalue weighted by atomic mass is 16.5. The summed E-state index contributed by atoms with van der Waals surface area (Å²) in [6, 6.07) is 1.90. The Balaban J connectivity index is 1.37. The number of methoxy groups -OCH3 is 2. The van der Waals surface area contributed by atoms with Crippen LogP contribution in [-0.4, -0.2) is 64.3 Å². The van der Waals surface area contributed by atoms with Crippen LogP contribution in [0.4, 0.5) is 5.69 Å². The number of carbonyl (C=O) groups is 1.